The third-order valence-corrected chi connectivity index (χ3v) is 6.93. The van der Waals surface area contributed by atoms with Gasteiger partial charge in [-0.05, 0) is 6.92 Å². The highest BCUT2D eigenvalue weighted by molar-refractivity contribution is 5.50. The lowest BCUT2D eigenvalue weighted by Gasteiger charge is -2.26. The lowest BCUT2D eigenvalue weighted by Crippen LogP contribution is -2.41. The standard InChI is InChI=1S/C21H20F10N2O5.C12H12F7NO3/c1-8(38-18-12(26)9(23)16(34-4-2-32)10(24)13(18)27)21(30,31)6-36-17-11(25)14(28)19(37-7-22)20(15(17)29)35-5-3-33;13-1-3-23-12(18,19)5-22-11-8(16)6(14)10(21-4-2-20)7(15)9(11)17/h8H,2-7,32-33H2,1H3;1-5,20H2. The van der Waals surface area contributed by atoms with Gasteiger partial charge >= 0.3 is 12.0 Å². The van der Waals surface area contributed by atoms with Crippen LogP contribution in [0.1, 0.15) is 6.92 Å². The average molecular weight is 922 g/mol. The normalized spacial score (nSPS) is 12.1. The molecule has 0 spiro atoms. The highest BCUT2D eigenvalue weighted by atomic mass is 19.3. The minimum absolute atomic E-state index is 0.196. The van der Waals surface area contributed by atoms with Gasteiger partial charge in [-0.15, -0.1) is 0 Å². The van der Waals surface area contributed by atoms with Gasteiger partial charge in [0, 0.05) is 19.6 Å². The van der Waals surface area contributed by atoms with Crippen LogP contribution >= 0.6 is 0 Å². The Kier molecular flexibility index (Phi) is 19.8. The second-order valence-corrected chi connectivity index (χ2v) is 11.2. The Labute approximate surface area is 332 Å². The van der Waals surface area contributed by atoms with Gasteiger partial charge in [0.25, 0.3) is 0 Å². The molecule has 0 amide bonds. The molecule has 6 N–H and O–H groups in total. The van der Waals surface area contributed by atoms with Crippen LogP contribution in [0.25, 0.3) is 0 Å². The number of rotatable bonds is 23. The molecule has 0 saturated carbocycles. The summed E-state index contributed by atoms with van der Waals surface area (Å²) in [6.07, 6.45) is -6.77. The SMILES string of the molecule is CC(Oc1c(F)c(F)c(OCCN)c(F)c1F)C(F)(F)COc1c(F)c(F)c(OCF)c(OCCN)c1F.NCCOc1c(F)c(F)c(OCC(F)(F)OCCF)c(F)c1F. The zero-order valence-electron chi connectivity index (χ0n) is 30.8. The summed E-state index contributed by atoms with van der Waals surface area (Å²) in [6.45, 7) is -9.63. The Balaban J connectivity index is 0.000000476. The molecule has 0 aliphatic rings. The average Bonchev–Trinajstić information content (AvgIpc) is 3.22. The molecule has 0 fully saturated rings. The molecule has 0 aliphatic heterocycles. The number of hydrogen-bond acceptors (Lipinski definition) is 11. The smallest absolute Gasteiger partial charge is 0.389 e. The molecule has 3 rings (SSSR count). The molecule has 0 bridgehead atoms. The molecule has 3 aromatic carbocycles. The van der Waals surface area contributed by atoms with Gasteiger partial charge in [-0.1, -0.05) is 0 Å². The van der Waals surface area contributed by atoms with Crippen molar-refractivity contribution in [3.8, 4) is 40.2 Å². The summed E-state index contributed by atoms with van der Waals surface area (Å²) in [7, 11) is 0. The predicted molar refractivity (Wildman–Crippen MR) is 172 cm³/mol. The topological polar surface area (TPSA) is 152 Å². The summed E-state index contributed by atoms with van der Waals surface area (Å²) in [4.78, 5) is 0. The van der Waals surface area contributed by atoms with E-state index in [1.54, 1.807) is 0 Å². The van der Waals surface area contributed by atoms with E-state index in [4.69, 9.17) is 21.9 Å². The van der Waals surface area contributed by atoms with Gasteiger partial charge in [0.1, 0.15) is 26.5 Å². The number of benzene rings is 3. The second-order valence-electron chi connectivity index (χ2n) is 11.2. The van der Waals surface area contributed by atoms with Crippen LogP contribution in [-0.4, -0.2) is 90.9 Å². The molecule has 0 saturated heterocycles. The lowest BCUT2D eigenvalue weighted by atomic mass is 10.2. The maximum Gasteiger partial charge on any atom is 0.389 e. The fraction of sp³-hybridized carbons (Fsp3) is 0.455. The third-order valence-electron chi connectivity index (χ3n) is 6.93. The Morgan fingerprint density at radius 3 is 1.15 bits per heavy atom. The Morgan fingerprint density at radius 2 is 0.754 bits per heavy atom. The van der Waals surface area contributed by atoms with Crippen LogP contribution in [0.2, 0.25) is 0 Å². The quantitative estimate of drug-likeness (QED) is 0.0692. The highest BCUT2D eigenvalue weighted by Gasteiger charge is 2.43. The van der Waals surface area contributed by atoms with E-state index in [1.165, 1.54) is 0 Å². The maximum atomic E-state index is 14.7. The van der Waals surface area contributed by atoms with E-state index in [9.17, 15) is 74.6 Å². The number of ether oxygens (including phenoxy) is 8. The number of alkyl halides is 6. The molecule has 346 valence electrons. The molecule has 61 heavy (non-hydrogen) atoms. The van der Waals surface area contributed by atoms with Crippen LogP contribution in [-0.2, 0) is 4.74 Å². The van der Waals surface area contributed by atoms with Gasteiger partial charge in [-0.2, -0.15) is 65.9 Å². The summed E-state index contributed by atoms with van der Waals surface area (Å²) in [5, 5.41) is 0. The van der Waals surface area contributed by atoms with Crippen molar-refractivity contribution < 1.29 is 113 Å². The maximum absolute atomic E-state index is 14.7. The van der Waals surface area contributed by atoms with Gasteiger partial charge in [-0.25, -0.2) is 8.78 Å². The van der Waals surface area contributed by atoms with Crippen LogP contribution in [0.5, 0.6) is 40.2 Å². The molecule has 0 aromatic heterocycles. The molecule has 0 radical (unpaired) electrons. The highest BCUT2D eigenvalue weighted by Crippen LogP contribution is 2.43. The molecular formula is C33H32F17N3O8. The largest absolute Gasteiger partial charge is 0.486 e. The Bertz CT molecular complexity index is 1880. The van der Waals surface area contributed by atoms with Crippen LogP contribution in [0, 0.1) is 64.0 Å². The predicted octanol–water partition coefficient (Wildman–Crippen LogP) is 6.66. The Hall–Kier alpha value is -5.09. The van der Waals surface area contributed by atoms with Gasteiger partial charge in [0.05, 0.1) is 6.61 Å². The van der Waals surface area contributed by atoms with E-state index in [2.05, 4.69) is 33.2 Å². The third kappa shape index (κ3) is 13.0. The van der Waals surface area contributed by atoms with E-state index < -0.39 is 176 Å². The first kappa shape index (κ1) is 52.0. The molecule has 1 unspecified atom stereocenters. The first-order valence-electron chi connectivity index (χ1n) is 16.6. The van der Waals surface area contributed by atoms with Crippen LogP contribution < -0.4 is 50.4 Å². The molecule has 1 atom stereocenters. The summed E-state index contributed by atoms with van der Waals surface area (Å²) in [5.41, 5.74) is 15.2. The molecule has 28 heteroatoms. The van der Waals surface area contributed by atoms with E-state index in [-0.39, 0.29) is 19.6 Å². The summed E-state index contributed by atoms with van der Waals surface area (Å²) < 4.78 is 268. The van der Waals surface area contributed by atoms with Crippen LogP contribution in [0.15, 0.2) is 0 Å². The van der Waals surface area contributed by atoms with E-state index in [0.717, 1.165) is 0 Å². The van der Waals surface area contributed by atoms with Crippen molar-refractivity contribution in [2.45, 2.75) is 25.1 Å². The zero-order valence-corrected chi connectivity index (χ0v) is 30.8. The van der Waals surface area contributed by atoms with Crippen molar-refractivity contribution in [2.75, 3.05) is 72.8 Å². The number of halogens is 17. The van der Waals surface area contributed by atoms with Crippen molar-refractivity contribution in [3.63, 3.8) is 0 Å². The van der Waals surface area contributed by atoms with Gasteiger partial charge in [-0.3, -0.25) is 0 Å². The molecule has 11 nitrogen and oxygen atoms in total. The molecule has 3 aromatic rings. The van der Waals surface area contributed by atoms with Gasteiger partial charge < -0.3 is 55.1 Å². The van der Waals surface area contributed by atoms with E-state index in [0.29, 0.717) is 6.92 Å². The zero-order chi connectivity index (χ0) is 46.4. The lowest BCUT2D eigenvalue weighted by molar-refractivity contribution is -0.254. The second kappa shape index (κ2) is 23.2. The van der Waals surface area contributed by atoms with E-state index in [1.807, 2.05) is 0 Å². The fourth-order valence-electron chi connectivity index (χ4n) is 4.12. The Morgan fingerprint density at radius 1 is 0.426 bits per heavy atom. The minimum Gasteiger partial charge on any atom is -0.486 e. The molecule has 0 aliphatic carbocycles. The first-order chi connectivity index (χ1) is 28.6. The minimum atomic E-state index is -4.39. The summed E-state index contributed by atoms with van der Waals surface area (Å²) in [6, 6.07) is 0. The van der Waals surface area contributed by atoms with Crippen molar-refractivity contribution in [2.24, 2.45) is 17.2 Å². The monoisotopic (exact) mass is 921 g/mol. The first-order valence-corrected chi connectivity index (χ1v) is 16.6. The number of hydrogen-bond donors (Lipinski definition) is 3. The number of nitrogens with two attached hydrogens (primary N) is 3. The van der Waals surface area contributed by atoms with E-state index >= 15 is 0 Å². The van der Waals surface area contributed by atoms with Crippen molar-refractivity contribution in [1.82, 2.24) is 0 Å². The van der Waals surface area contributed by atoms with Gasteiger partial charge in [0.2, 0.25) is 82.3 Å². The van der Waals surface area contributed by atoms with Crippen LogP contribution in [0.3, 0.4) is 0 Å². The summed E-state index contributed by atoms with van der Waals surface area (Å²) >= 11 is 0. The van der Waals surface area contributed by atoms with Crippen molar-refractivity contribution in [3.05, 3.63) is 64.0 Å². The molecular weight excluding hydrogens is 889 g/mol. The molecule has 0 heterocycles. The van der Waals surface area contributed by atoms with Crippen LogP contribution in [0.4, 0.5) is 74.6 Å². The van der Waals surface area contributed by atoms with Crippen molar-refractivity contribution >= 4 is 0 Å². The van der Waals surface area contributed by atoms with Crippen molar-refractivity contribution in [1.29, 1.82) is 0 Å². The summed E-state index contributed by atoms with van der Waals surface area (Å²) in [5.74, 6) is -38.3. The van der Waals surface area contributed by atoms with Gasteiger partial charge in [0.15, 0.2) is 48.1 Å². The fourth-order valence-corrected chi connectivity index (χ4v) is 4.12.